The normalized spacial score (nSPS) is 14.4. The van der Waals surface area contributed by atoms with Gasteiger partial charge in [0.15, 0.2) is 0 Å². The molecule has 0 rings (SSSR count). The fourth-order valence-electron chi connectivity index (χ4n) is 1.35. The van der Waals surface area contributed by atoms with Crippen LogP contribution >= 0.6 is 12.4 Å². The number of rotatable bonds is 10. The fraction of sp³-hybridized carbons (Fsp3) is 0.917. The van der Waals surface area contributed by atoms with Crippen LogP contribution in [0.4, 0.5) is 0 Å². The number of carbonyl (C=O) groups is 1. The second-order valence-corrected chi connectivity index (χ2v) is 7.09. The molecule has 0 spiro atoms. The van der Waals surface area contributed by atoms with Gasteiger partial charge in [0.2, 0.25) is 15.9 Å². The number of nitrogens with two attached hydrogens (primary N) is 1. The lowest BCUT2D eigenvalue weighted by molar-refractivity contribution is -0.122. The minimum Gasteiger partial charge on any atom is -0.381 e. The van der Waals surface area contributed by atoms with E-state index in [1.54, 1.807) is 6.92 Å². The molecule has 0 aliphatic carbocycles. The Hall–Kier alpha value is -0.410. The van der Waals surface area contributed by atoms with Crippen LogP contribution in [-0.2, 0) is 19.6 Å². The Bertz CT molecular complexity index is 403. The van der Waals surface area contributed by atoms with E-state index in [-0.39, 0.29) is 43.8 Å². The predicted molar refractivity (Wildman–Crippen MR) is 86.0 cm³/mol. The Morgan fingerprint density at radius 3 is 2.38 bits per heavy atom. The lowest BCUT2D eigenvalue weighted by Gasteiger charge is -2.33. The molecule has 0 radical (unpaired) electrons. The van der Waals surface area contributed by atoms with Crippen molar-refractivity contribution in [2.45, 2.75) is 33.2 Å². The summed E-state index contributed by atoms with van der Waals surface area (Å²) in [6.45, 7) is 8.06. The second kappa shape index (κ2) is 10.3. The molecule has 9 heteroatoms. The quantitative estimate of drug-likeness (QED) is 0.477. The minimum absolute atomic E-state index is 0. The largest absolute Gasteiger partial charge is 0.381 e. The standard InChI is InChI=1S/C12H27N3O4S.ClH/c1-5-19-6-7-20(17,18)14-8-11(16)15-12(4,9-13)10(2)3;/h10,14H,5-9,13H2,1-4H3,(H,15,16);1H. The number of sulfonamides is 1. The molecule has 0 aliphatic rings. The number of amides is 1. The molecular weight excluding hydrogens is 318 g/mol. The summed E-state index contributed by atoms with van der Waals surface area (Å²) >= 11 is 0. The van der Waals surface area contributed by atoms with Crippen molar-refractivity contribution in [3.8, 4) is 0 Å². The summed E-state index contributed by atoms with van der Waals surface area (Å²) < 4.78 is 30.4. The average molecular weight is 346 g/mol. The summed E-state index contributed by atoms with van der Waals surface area (Å²) in [4.78, 5) is 11.8. The maximum absolute atomic E-state index is 11.8. The van der Waals surface area contributed by atoms with Crippen molar-refractivity contribution in [2.24, 2.45) is 11.7 Å². The first-order valence-corrected chi connectivity index (χ1v) is 8.38. The van der Waals surface area contributed by atoms with Gasteiger partial charge in [0.05, 0.1) is 24.4 Å². The van der Waals surface area contributed by atoms with Crippen molar-refractivity contribution in [3.63, 3.8) is 0 Å². The number of hydrogen-bond donors (Lipinski definition) is 3. The van der Waals surface area contributed by atoms with Crippen LogP contribution in [0.1, 0.15) is 27.7 Å². The summed E-state index contributed by atoms with van der Waals surface area (Å²) in [5.74, 6) is -0.412. The first-order chi connectivity index (χ1) is 9.17. The van der Waals surface area contributed by atoms with Crippen LogP contribution < -0.4 is 15.8 Å². The minimum atomic E-state index is -3.50. The van der Waals surface area contributed by atoms with Crippen molar-refractivity contribution in [1.29, 1.82) is 0 Å². The maximum Gasteiger partial charge on any atom is 0.235 e. The van der Waals surface area contributed by atoms with Crippen LogP contribution in [0.5, 0.6) is 0 Å². The van der Waals surface area contributed by atoms with Crippen LogP contribution in [0.25, 0.3) is 0 Å². The van der Waals surface area contributed by atoms with E-state index in [0.717, 1.165) is 0 Å². The zero-order valence-corrected chi connectivity index (χ0v) is 14.8. The topological polar surface area (TPSA) is 111 Å². The third-order valence-electron chi connectivity index (χ3n) is 3.28. The average Bonchev–Trinajstić information content (AvgIpc) is 2.36. The van der Waals surface area contributed by atoms with Crippen LogP contribution in [0.3, 0.4) is 0 Å². The van der Waals surface area contributed by atoms with Gasteiger partial charge in [-0.3, -0.25) is 4.79 Å². The van der Waals surface area contributed by atoms with Gasteiger partial charge in [-0.2, -0.15) is 0 Å². The number of nitrogens with one attached hydrogen (secondary N) is 2. The van der Waals surface area contributed by atoms with E-state index in [0.29, 0.717) is 6.61 Å². The molecule has 0 aromatic carbocycles. The van der Waals surface area contributed by atoms with Gasteiger partial charge in [0, 0.05) is 13.2 Å². The summed E-state index contributed by atoms with van der Waals surface area (Å²) in [6, 6.07) is 0. The lowest BCUT2D eigenvalue weighted by atomic mass is 9.88. The van der Waals surface area contributed by atoms with Crippen LogP contribution in [0.15, 0.2) is 0 Å². The smallest absolute Gasteiger partial charge is 0.235 e. The Balaban J connectivity index is 0. The highest BCUT2D eigenvalue weighted by atomic mass is 35.5. The molecule has 128 valence electrons. The molecular formula is C12H28ClN3O4S. The second-order valence-electron chi connectivity index (χ2n) is 5.16. The fourth-order valence-corrected chi connectivity index (χ4v) is 2.19. The highest BCUT2D eigenvalue weighted by Gasteiger charge is 2.28. The van der Waals surface area contributed by atoms with Crippen LogP contribution in [0, 0.1) is 5.92 Å². The van der Waals surface area contributed by atoms with Crippen molar-refractivity contribution in [1.82, 2.24) is 10.0 Å². The summed E-state index contributed by atoms with van der Waals surface area (Å²) in [5, 5.41) is 2.76. The van der Waals surface area contributed by atoms with Gasteiger partial charge in [-0.25, -0.2) is 13.1 Å². The van der Waals surface area contributed by atoms with Gasteiger partial charge in [-0.15, -0.1) is 12.4 Å². The van der Waals surface area contributed by atoms with Crippen molar-refractivity contribution in [3.05, 3.63) is 0 Å². The molecule has 0 aromatic heterocycles. The molecule has 0 heterocycles. The Labute approximate surface area is 133 Å². The summed E-state index contributed by atoms with van der Waals surface area (Å²) in [5.41, 5.74) is 5.10. The van der Waals surface area contributed by atoms with E-state index in [1.807, 2.05) is 20.8 Å². The third kappa shape index (κ3) is 9.26. The van der Waals surface area contributed by atoms with Gasteiger partial charge < -0.3 is 15.8 Å². The molecule has 0 aromatic rings. The van der Waals surface area contributed by atoms with Crippen LogP contribution in [-0.4, -0.2) is 51.9 Å². The third-order valence-corrected chi connectivity index (χ3v) is 4.56. The number of ether oxygens (including phenoxy) is 1. The summed E-state index contributed by atoms with van der Waals surface area (Å²) in [6.07, 6.45) is 0. The molecule has 0 fully saturated rings. The Kier molecular flexibility index (Phi) is 11.3. The van der Waals surface area contributed by atoms with E-state index in [1.165, 1.54) is 0 Å². The van der Waals surface area contributed by atoms with E-state index < -0.39 is 21.5 Å². The SMILES string of the molecule is CCOCCS(=O)(=O)NCC(=O)NC(C)(CN)C(C)C.Cl. The van der Waals surface area contributed by atoms with E-state index in [2.05, 4.69) is 10.0 Å². The zero-order valence-electron chi connectivity index (χ0n) is 13.1. The molecule has 0 saturated carbocycles. The van der Waals surface area contributed by atoms with Crippen molar-refractivity contribution in [2.75, 3.05) is 32.1 Å². The van der Waals surface area contributed by atoms with E-state index in [4.69, 9.17) is 10.5 Å². The molecule has 4 N–H and O–H groups in total. The molecule has 7 nitrogen and oxygen atoms in total. The van der Waals surface area contributed by atoms with Gasteiger partial charge in [0.1, 0.15) is 0 Å². The Morgan fingerprint density at radius 1 is 1.38 bits per heavy atom. The number of hydrogen-bond acceptors (Lipinski definition) is 5. The molecule has 1 unspecified atom stereocenters. The number of carbonyl (C=O) groups excluding carboxylic acids is 1. The van der Waals surface area contributed by atoms with Crippen molar-refractivity contribution < 1.29 is 17.9 Å². The molecule has 0 aliphatic heterocycles. The van der Waals surface area contributed by atoms with Gasteiger partial charge in [-0.1, -0.05) is 13.8 Å². The molecule has 0 saturated heterocycles. The van der Waals surface area contributed by atoms with Gasteiger partial charge >= 0.3 is 0 Å². The van der Waals surface area contributed by atoms with E-state index in [9.17, 15) is 13.2 Å². The monoisotopic (exact) mass is 345 g/mol. The van der Waals surface area contributed by atoms with Gasteiger partial charge in [-0.05, 0) is 19.8 Å². The maximum atomic E-state index is 11.8. The van der Waals surface area contributed by atoms with Crippen LogP contribution in [0.2, 0.25) is 0 Å². The van der Waals surface area contributed by atoms with Gasteiger partial charge in [0.25, 0.3) is 0 Å². The van der Waals surface area contributed by atoms with Crippen molar-refractivity contribution >= 4 is 28.3 Å². The molecule has 21 heavy (non-hydrogen) atoms. The lowest BCUT2D eigenvalue weighted by Crippen LogP contribution is -2.57. The molecule has 1 amide bonds. The first kappa shape index (κ1) is 22.9. The predicted octanol–water partition coefficient (Wildman–Crippen LogP) is -0.146. The molecule has 1 atom stereocenters. The zero-order chi connectivity index (χ0) is 15.8. The summed E-state index contributed by atoms with van der Waals surface area (Å²) in [7, 11) is -3.50. The highest BCUT2D eigenvalue weighted by Crippen LogP contribution is 2.14. The Morgan fingerprint density at radius 2 is 1.95 bits per heavy atom. The first-order valence-electron chi connectivity index (χ1n) is 6.73. The highest BCUT2D eigenvalue weighted by molar-refractivity contribution is 7.89. The molecule has 0 bridgehead atoms. The number of halogens is 1. The van der Waals surface area contributed by atoms with E-state index >= 15 is 0 Å².